The van der Waals surface area contributed by atoms with Gasteiger partial charge in [0.25, 0.3) is 0 Å². The highest BCUT2D eigenvalue weighted by atomic mass is 35.5. The van der Waals surface area contributed by atoms with Crippen molar-refractivity contribution in [3.05, 3.63) is 33.8 Å². The SMILES string of the molecule is CCN1CCC[C@@H]1CNCc1c(Cl)cccc1Cl. The summed E-state index contributed by atoms with van der Waals surface area (Å²) in [4.78, 5) is 2.53. The third-order valence-corrected chi connectivity index (χ3v) is 4.36. The van der Waals surface area contributed by atoms with Gasteiger partial charge in [0.15, 0.2) is 0 Å². The minimum absolute atomic E-state index is 0.663. The van der Waals surface area contributed by atoms with Crippen LogP contribution in [-0.2, 0) is 6.54 Å². The zero-order valence-electron chi connectivity index (χ0n) is 10.8. The molecule has 0 bridgehead atoms. The molecule has 100 valence electrons. The predicted octanol–water partition coefficient (Wildman–Crippen LogP) is 3.57. The molecule has 1 fully saturated rings. The molecule has 2 nitrogen and oxygen atoms in total. The molecular formula is C14H20Cl2N2. The third-order valence-electron chi connectivity index (χ3n) is 3.65. The maximum Gasteiger partial charge on any atom is 0.0465 e. The van der Waals surface area contributed by atoms with E-state index in [1.54, 1.807) is 0 Å². The minimum Gasteiger partial charge on any atom is -0.311 e. The van der Waals surface area contributed by atoms with Crippen molar-refractivity contribution in [1.82, 2.24) is 10.2 Å². The van der Waals surface area contributed by atoms with Gasteiger partial charge in [-0.1, -0.05) is 36.2 Å². The molecule has 1 saturated heterocycles. The Morgan fingerprint density at radius 1 is 1.33 bits per heavy atom. The van der Waals surface area contributed by atoms with Gasteiger partial charge in [-0.2, -0.15) is 0 Å². The second-order valence-corrected chi connectivity index (χ2v) is 5.57. The average Bonchev–Trinajstić information content (AvgIpc) is 2.80. The van der Waals surface area contributed by atoms with Gasteiger partial charge in [0.2, 0.25) is 0 Å². The van der Waals surface area contributed by atoms with Gasteiger partial charge in [0.05, 0.1) is 0 Å². The van der Waals surface area contributed by atoms with E-state index < -0.39 is 0 Å². The average molecular weight is 287 g/mol. The Morgan fingerprint density at radius 3 is 2.72 bits per heavy atom. The maximum atomic E-state index is 6.15. The van der Waals surface area contributed by atoms with Crippen LogP contribution in [0.25, 0.3) is 0 Å². The van der Waals surface area contributed by atoms with Crippen molar-refractivity contribution in [2.45, 2.75) is 32.4 Å². The lowest BCUT2D eigenvalue weighted by Gasteiger charge is -2.23. The van der Waals surface area contributed by atoms with E-state index in [-0.39, 0.29) is 0 Å². The van der Waals surface area contributed by atoms with Crippen molar-refractivity contribution >= 4 is 23.2 Å². The normalized spacial score (nSPS) is 20.5. The number of nitrogens with zero attached hydrogens (tertiary/aromatic N) is 1. The van der Waals surface area contributed by atoms with Crippen LogP contribution in [0, 0.1) is 0 Å². The summed E-state index contributed by atoms with van der Waals surface area (Å²) in [5, 5.41) is 4.97. The molecule has 1 atom stereocenters. The largest absolute Gasteiger partial charge is 0.311 e. The first-order chi connectivity index (χ1) is 8.72. The van der Waals surface area contributed by atoms with E-state index in [0.29, 0.717) is 6.04 Å². The fourth-order valence-electron chi connectivity index (χ4n) is 2.61. The van der Waals surface area contributed by atoms with Gasteiger partial charge < -0.3 is 5.32 Å². The lowest BCUT2D eigenvalue weighted by atomic mass is 10.2. The number of halogens is 2. The van der Waals surface area contributed by atoms with Gasteiger partial charge in [-0.3, -0.25) is 4.90 Å². The Kier molecular flexibility index (Phi) is 5.31. The first-order valence-electron chi connectivity index (χ1n) is 6.60. The van der Waals surface area contributed by atoms with Crippen LogP contribution < -0.4 is 5.32 Å². The minimum atomic E-state index is 0.663. The van der Waals surface area contributed by atoms with Crippen LogP contribution in [0.15, 0.2) is 18.2 Å². The summed E-state index contributed by atoms with van der Waals surface area (Å²) in [5.74, 6) is 0. The van der Waals surface area contributed by atoms with E-state index in [1.807, 2.05) is 18.2 Å². The zero-order chi connectivity index (χ0) is 13.0. The van der Waals surface area contributed by atoms with Crippen LogP contribution in [-0.4, -0.2) is 30.6 Å². The monoisotopic (exact) mass is 286 g/mol. The summed E-state index contributed by atoms with van der Waals surface area (Å²) in [5.41, 5.74) is 1.00. The number of hydrogen-bond acceptors (Lipinski definition) is 2. The fourth-order valence-corrected chi connectivity index (χ4v) is 3.14. The van der Waals surface area contributed by atoms with Crippen molar-refractivity contribution in [3.8, 4) is 0 Å². The molecule has 0 aromatic heterocycles. The molecule has 1 aliphatic rings. The standard InChI is InChI=1S/C14H20Cl2N2/c1-2-18-8-4-5-11(18)9-17-10-12-13(15)6-3-7-14(12)16/h3,6-7,11,17H,2,4-5,8-10H2,1H3/t11-/m1/s1. The second-order valence-electron chi connectivity index (χ2n) is 4.76. The van der Waals surface area contributed by atoms with E-state index in [9.17, 15) is 0 Å². The van der Waals surface area contributed by atoms with Crippen LogP contribution in [0.2, 0.25) is 10.0 Å². The molecule has 1 aromatic rings. The van der Waals surface area contributed by atoms with Crippen molar-refractivity contribution in [1.29, 1.82) is 0 Å². The van der Waals surface area contributed by atoms with Gasteiger partial charge in [-0.05, 0) is 38.1 Å². The molecular weight excluding hydrogens is 267 g/mol. The van der Waals surface area contributed by atoms with Crippen molar-refractivity contribution in [2.24, 2.45) is 0 Å². The van der Waals surface area contributed by atoms with Gasteiger partial charge in [0, 0.05) is 34.7 Å². The van der Waals surface area contributed by atoms with Gasteiger partial charge in [-0.25, -0.2) is 0 Å². The Balaban J connectivity index is 1.85. The molecule has 0 unspecified atom stereocenters. The summed E-state index contributed by atoms with van der Waals surface area (Å²) in [6.07, 6.45) is 2.60. The lowest BCUT2D eigenvalue weighted by Crippen LogP contribution is -2.37. The van der Waals surface area contributed by atoms with Gasteiger partial charge >= 0.3 is 0 Å². The van der Waals surface area contributed by atoms with Crippen LogP contribution in [0.5, 0.6) is 0 Å². The quantitative estimate of drug-likeness (QED) is 0.890. The Morgan fingerprint density at radius 2 is 2.06 bits per heavy atom. The second kappa shape index (κ2) is 6.76. The first kappa shape index (κ1) is 14.1. The molecule has 0 spiro atoms. The molecule has 1 aliphatic heterocycles. The lowest BCUT2D eigenvalue weighted by molar-refractivity contribution is 0.260. The highest BCUT2D eigenvalue weighted by Gasteiger charge is 2.22. The summed E-state index contributed by atoms with van der Waals surface area (Å²) >= 11 is 12.3. The van der Waals surface area contributed by atoms with Crippen LogP contribution in [0.3, 0.4) is 0 Å². The molecule has 4 heteroatoms. The van der Waals surface area contributed by atoms with Gasteiger partial charge in [-0.15, -0.1) is 0 Å². The number of likely N-dealkylation sites (tertiary alicyclic amines) is 1. The molecule has 0 amide bonds. The van der Waals surface area contributed by atoms with Crippen LogP contribution in [0.4, 0.5) is 0 Å². The van der Waals surface area contributed by atoms with Gasteiger partial charge in [0.1, 0.15) is 0 Å². The first-order valence-corrected chi connectivity index (χ1v) is 7.35. The molecule has 2 rings (SSSR count). The number of likely N-dealkylation sites (N-methyl/N-ethyl adjacent to an activating group) is 1. The number of benzene rings is 1. The van der Waals surface area contributed by atoms with Crippen molar-refractivity contribution < 1.29 is 0 Å². The number of rotatable bonds is 5. The van der Waals surface area contributed by atoms with E-state index in [2.05, 4.69) is 17.1 Å². The van der Waals surface area contributed by atoms with E-state index in [4.69, 9.17) is 23.2 Å². The Hall–Kier alpha value is -0.280. The molecule has 0 saturated carbocycles. The molecule has 0 radical (unpaired) electrons. The van der Waals surface area contributed by atoms with Crippen LogP contribution >= 0.6 is 23.2 Å². The Labute approximate surface area is 119 Å². The highest BCUT2D eigenvalue weighted by Crippen LogP contribution is 2.24. The van der Waals surface area contributed by atoms with Crippen LogP contribution in [0.1, 0.15) is 25.3 Å². The number of hydrogen-bond donors (Lipinski definition) is 1. The maximum absolute atomic E-state index is 6.15. The van der Waals surface area contributed by atoms with Crippen molar-refractivity contribution in [2.75, 3.05) is 19.6 Å². The fraction of sp³-hybridized carbons (Fsp3) is 0.571. The summed E-state index contributed by atoms with van der Waals surface area (Å²) in [6.45, 7) is 6.35. The smallest absolute Gasteiger partial charge is 0.0465 e. The van der Waals surface area contributed by atoms with E-state index in [1.165, 1.54) is 19.4 Å². The molecule has 18 heavy (non-hydrogen) atoms. The Bertz CT molecular complexity index is 375. The highest BCUT2D eigenvalue weighted by molar-refractivity contribution is 6.35. The molecule has 0 aliphatic carbocycles. The topological polar surface area (TPSA) is 15.3 Å². The summed E-state index contributed by atoms with van der Waals surface area (Å²) in [6, 6.07) is 6.32. The summed E-state index contributed by atoms with van der Waals surface area (Å²) in [7, 11) is 0. The summed E-state index contributed by atoms with van der Waals surface area (Å²) < 4.78 is 0. The molecule has 1 aromatic carbocycles. The van der Waals surface area contributed by atoms with E-state index >= 15 is 0 Å². The zero-order valence-corrected chi connectivity index (χ0v) is 12.3. The predicted molar refractivity (Wildman–Crippen MR) is 78.4 cm³/mol. The molecule has 1 N–H and O–H groups in total. The number of nitrogens with one attached hydrogen (secondary N) is 1. The molecule has 1 heterocycles. The third kappa shape index (κ3) is 3.39. The van der Waals surface area contributed by atoms with Crippen molar-refractivity contribution in [3.63, 3.8) is 0 Å². The van der Waals surface area contributed by atoms with E-state index in [0.717, 1.165) is 35.2 Å².